The molecule has 0 saturated carbocycles. The van der Waals surface area contributed by atoms with Crippen LogP contribution < -0.4 is 5.32 Å². The average Bonchev–Trinajstić information content (AvgIpc) is 3.12. The number of allylic oxidation sites excluding steroid dienone is 3. The summed E-state index contributed by atoms with van der Waals surface area (Å²) in [5.41, 5.74) is 0. The second-order valence-corrected chi connectivity index (χ2v) is 15.3. The number of amides is 1. The minimum Gasteiger partial charge on any atom is -0.394 e. The Kier molecular flexibility index (Phi) is 39.6. The molecule has 0 bridgehead atoms. The highest BCUT2D eigenvalue weighted by atomic mass is 16.3. The van der Waals surface area contributed by atoms with Crippen LogP contribution in [0.25, 0.3) is 0 Å². The maximum atomic E-state index is 12.5. The summed E-state index contributed by atoms with van der Waals surface area (Å²) in [4.78, 5) is 12.5. The summed E-state index contributed by atoms with van der Waals surface area (Å²) >= 11 is 0. The second kappa shape index (κ2) is 40.6. The highest BCUT2D eigenvalue weighted by molar-refractivity contribution is 5.80. The molecule has 50 heavy (non-hydrogen) atoms. The van der Waals surface area contributed by atoms with Gasteiger partial charge in [-0.25, -0.2) is 0 Å². The molecule has 0 aromatic rings. The molecular weight excluding hydrogens is 618 g/mol. The predicted octanol–water partition coefficient (Wildman–Crippen LogP) is 12.6. The van der Waals surface area contributed by atoms with Crippen molar-refractivity contribution in [3.05, 3.63) is 24.3 Å². The first kappa shape index (κ1) is 48.8. The van der Waals surface area contributed by atoms with E-state index < -0.39 is 24.2 Å². The van der Waals surface area contributed by atoms with Crippen LogP contribution >= 0.6 is 0 Å². The van der Waals surface area contributed by atoms with E-state index in [4.69, 9.17) is 0 Å². The number of aliphatic hydroxyl groups is 3. The van der Waals surface area contributed by atoms with Gasteiger partial charge in [0.1, 0.15) is 6.10 Å². The molecule has 0 aromatic carbocycles. The van der Waals surface area contributed by atoms with Crippen molar-refractivity contribution in [2.45, 2.75) is 250 Å². The van der Waals surface area contributed by atoms with Gasteiger partial charge in [-0.2, -0.15) is 0 Å². The van der Waals surface area contributed by atoms with E-state index in [2.05, 4.69) is 31.3 Å². The molecule has 1 amide bonds. The first-order valence-corrected chi connectivity index (χ1v) is 22.2. The molecule has 5 nitrogen and oxygen atoms in total. The molecule has 4 N–H and O–H groups in total. The molecule has 0 fully saturated rings. The molecular formula is C45H87NO4. The molecule has 0 aromatic heterocycles. The van der Waals surface area contributed by atoms with E-state index in [1.807, 2.05) is 6.08 Å². The fraction of sp³-hybridized carbons (Fsp3) is 0.889. The number of aliphatic hydroxyl groups excluding tert-OH is 3. The van der Waals surface area contributed by atoms with Gasteiger partial charge in [-0.3, -0.25) is 4.79 Å². The lowest BCUT2D eigenvalue weighted by Crippen LogP contribution is -2.48. The molecule has 0 heterocycles. The second-order valence-electron chi connectivity index (χ2n) is 15.3. The van der Waals surface area contributed by atoms with E-state index in [0.29, 0.717) is 6.42 Å². The Bertz CT molecular complexity index is 739. The van der Waals surface area contributed by atoms with Crippen LogP contribution in [-0.2, 0) is 4.79 Å². The summed E-state index contributed by atoms with van der Waals surface area (Å²) in [7, 11) is 0. The Morgan fingerprint density at radius 2 is 0.820 bits per heavy atom. The number of hydrogen-bond acceptors (Lipinski definition) is 4. The minimum absolute atomic E-state index is 0.373. The van der Waals surface area contributed by atoms with Crippen LogP contribution in [0.3, 0.4) is 0 Å². The van der Waals surface area contributed by atoms with Crippen molar-refractivity contribution in [1.82, 2.24) is 5.32 Å². The van der Waals surface area contributed by atoms with E-state index in [1.54, 1.807) is 6.08 Å². The number of hydrogen-bond donors (Lipinski definition) is 4. The molecule has 3 unspecified atom stereocenters. The van der Waals surface area contributed by atoms with Gasteiger partial charge in [0, 0.05) is 0 Å². The van der Waals surface area contributed by atoms with Crippen LogP contribution in [0, 0.1) is 0 Å². The van der Waals surface area contributed by atoms with Gasteiger partial charge < -0.3 is 20.6 Å². The molecule has 3 atom stereocenters. The van der Waals surface area contributed by atoms with Crippen molar-refractivity contribution in [3.63, 3.8) is 0 Å². The first-order valence-electron chi connectivity index (χ1n) is 22.2. The standard InChI is InChI=1S/C45H87NO4/c1-3-5-7-9-11-13-15-17-19-21-22-24-26-28-30-32-34-36-38-40-44(49)45(50)46-42(41-47)43(48)39-37-35-33-31-29-27-25-23-20-18-16-14-12-10-8-6-4-2/h29,31,37,39,42-44,47-49H,3-28,30,32-36,38,40-41H2,1-2H3,(H,46,50)/b31-29+,39-37+. The largest absolute Gasteiger partial charge is 0.394 e. The van der Waals surface area contributed by atoms with E-state index in [1.165, 1.54) is 173 Å². The lowest BCUT2D eigenvalue weighted by atomic mass is 10.0. The minimum atomic E-state index is -1.10. The zero-order valence-electron chi connectivity index (χ0n) is 33.5. The van der Waals surface area contributed by atoms with Gasteiger partial charge in [-0.1, -0.05) is 224 Å². The van der Waals surface area contributed by atoms with E-state index >= 15 is 0 Å². The SMILES string of the molecule is CCCCCCCCCCCCC/C=C/CC/C=C/C(O)C(CO)NC(=O)C(O)CCCCCCCCCCCCCCCCCCCCC. The maximum Gasteiger partial charge on any atom is 0.249 e. The van der Waals surface area contributed by atoms with Crippen molar-refractivity contribution in [2.24, 2.45) is 0 Å². The highest BCUT2D eigenvalue weighted by Gasteiger charge is 2.22. The summed E-state index contributed by atoms with van der Waals surface area (Å²) in [5, 5.41) is 33.1. The van der Waals surface area contributed by atoms with Gasteiger partial charge in [0.05, 0.1) is 18.8 Å². The third-order valence-corrected chi connectivity index (χ3v) is 10.3. The van der Waals surface area contributed by atoms with Gasteiger partial charge >= 0.3 is 0 Å². The molecule has 0 radical (unpaired) electrons. The van der Waals surface area contributed by atoms with Crippen molar-refractivity contribution in [3.8, 4) is 0 Å². The van der Waals surface area contributed by atoms with Crippen LogP contribution in [-0.4, -0.2) is 46.1 Å². The van der Waals surface area contributed by atoms with Gasteiger partial charge in [-0.05, 0) is 32.1 Å². The van der Waals surface area contributed by atoms with Crippen molar-refractivity contribution in [2.75, 3.05) is 6.61 Å². The normalized spacial score (nSPS) is 13.8. The summed E-state index contributed by atoms with van der Waals surface area (Å²) in [6.07, 6.45) is 49.2. The van der Waals surface area contributed by atoms with Gasteiger partial charge in [0.25, 0.3) is 0 Å². The number of rotatable bonds is 40. The third-order valence-electron chi connectivity index (χ3n) is 10.3. The Morgan fingerprint density at radius 3 is 1.22 bits per heavy atom. The molecule has 296 valence electrons. The van der Waals surface area contributed by atoms with Crippen LogP contribution in [0.15, 0.2) is 24.3 Å². The zero-order valence-corrected chi connectivity index (χ0v) is 33.5. The Morgan fingerprint density at radius 1 is 0.480 bits per heavy atom. The number of carbonyl (C=O) groups excluding carboxylic acids is 1. The fourth-order valence-electron chi connectivity index (χ4n) is 6.79. The number of unbranched alkanes of at least 4 members (excludes halogenated alkanes) is 30. The molecule has 0 saturated heterocycles. The number of nitrogens with one attached hydrogen (secondary N) is 1. The van der Waals surface area contributed by atoms with Gasteiger partial charge in [-0.15, -0.1) is 0 Å². The summed E-state index contributed by atoms with van der Waals surface area (Å²) in [6, 6.07) is -0.810. The first-order chi connectivity index (χ1) is 24.6. The highest BCUT2D eigenvalue weighted by Crippen LogP contribution is 2.16. The third kappa shape index (κ3) is 35.2. The summed E-state index contributed by atoms with van der Waals surface area (Å²) in [5.74, 6) is -0.510. The van der Waals surface area contributed by atoms with Gasteiger partial charge in [0.2, 0.25) is 5.91 Å². The van der Waals surface area contributed by atoms with E-state index in [9.17, 15) is 20.1 Å². The topological polar surface area (TPSA) is 89.8 Å². The zero-order chi connectivity index (χ0) is 36.6. The predicted molar refractivity (Wildman–Crippen MR) is 218 cm³/mol. The quantitative estimate of drug-likeness (QED) is 0.0377. The Balaban J connectivity index is 3.68. The van der Waals surface area contributed by atoms with Crippen LogP contribution in [0.5, 0.6) is 0 Å². The molecule has 0 rings (SSSR count). The monoisotopic (exact) mass is 706 g/mol. The van der Waals surface area contributed by atoms with E-state index in [-0.39, 0.29) is 6.61 Å². The molecule has 0 aliphatic rings. The number of carbonyl (C=O) groups is 1. The summed E-state index contributed by atoms with van der Waals surface area (Å²) in [6.45, 7) is 4.18. The van der Waals surface area contributed by atoms with Crippen molar-refractivity contribution in [1.29, 1.82) is 0 Å². The molecule has 0 aliphatic carbocycles. The van der Waals surface area contributed by atoms with Crippen LogP contribution in [0.2, 0.25) is 0 Å². The van der Waals surface area contributed by atoms with Crippen molar-refractivity contribution < 1.29 is 20.1 Å². The molecule has 0 aliphatic heterocycles. The van der Waals surface area contributed by atoms with Crippen LogP contribution in [0.1, 0.15) is 232 Å². The van der Waals surface area contributed by atoms with Crippen molar-refractivity contribution >= 4 is 5.91 Å². The van der Waals surface area contributed by atoms with Gasteiger partial charge in [0.15, 0.2) is 0 Å². The fourth-order valence-corrected chi connectivity index (χ4v) is 6.79. The average molecular weight is 706 g/mol. The smallest absolute Gasteiger partial charge is 0.249 e. The lowest BCUT2D eigenvalue weighted by molar-refractivity contribution is -0.131. The maximum absolute atomic E-state index is 12.5. The Labute approximate surface area is 312 Å². The molecule has 0 spiro atoms. The van der Waals surface area contributed by atoms with Crippen LogP contribution in [0.4, 0.5) is 0 Å². The van der Waals surface area contributed by atoms with E-state index in [0.717, 1.165) is 38.5 Å². The Hall–Kier alpha value is -1.17. The lowest BCUT2D eigenvalue weighted by Gasteiger charge is -2.21. The molecule has 5 heteroatoms. The summed E-state index contributed by atoms with van der Waals surface area (Å²) < 4.78 is 0.